The van der Waals surface area contributed by atoms with Gasteiger partial charge in [0.25, 0.3) is 11.5 Å². The average Bonchev–Trinajstić information content (AvgIpc) is 3.49. The highest BCUT2D eigenvalue weighted by molar-refractivity contribution is 7.17. The van der Waals surface area contributed by atoms with Gasteiger partial charge in [0.15, 0.2) is 11.5 Å². The summed E-state index contributed by atoms with van der Waals surface area (Å²) in [6.07, 6.45) is 6.26. The van der Waals surface area contributed by atoms with Crippen LogP contribution in [0.5, 0.6) is 0 Å². The highest BCUT2D eigenvalue weighted by Gasteiger charge is 2.23. The number of aromatic nitrogens is 6. The van der Waals surface area contributed by atoms with E-state index < -0.39 is 11.9 Å². The molecule has 0 aliphatic rings. The van der Waals surface area contributed by atoms with Crippen molar-refractivity contribution in [2.45, 2.75) is 13.0 Å². The second-order valence-electron chi connectivity index (χ2n) is 7.91. The molecule has 0 fully saturated rings. The minimum absolute atomic E-state index is 0.00289. The Labute approximate surface area is 209 Å². The van der Waals surface area contributed by atoms with Crippen molar-refractivity contribution in [3.05, 3.63) is 93.5 Å². The van der Waals surface area contributed by atoms with Crippen LogP contribution < -0.4 is 16.6 Å². The third kappa shape index (κ3) is 4.33. The lowest BCUT2D eigenvalue weighted by molar-refractivity contribution is 0.0933. The highest BCUT2D eigenvalue weighted by Crippen LogP contribution is 2.25. The second kappa shape index (κ2) is 9.44. The number of anilines is 1. The van der Waals surface area contributed by atoms with Crippen molar-refractivity contribution < 1.29 is 4.79 Å². The van der Waals surface area contributed by atoms with E-state index in [0.717, 1.165) is 5.56 Å². The molecule has 3 N–H and O–H groups in total. The quantitative estimate of drug-likeness (QED) is 0.365. The molecule has 5 aromatic rings. The van der Waals surface area contributed by atoms with E-state index in [1.807, 2.05) is 30.6 Å². The number of rotatable bonds is 4. The lowest BCUT2D eigenvalue weighted by Gasteiger charge is -2.19. The van der Waals surface area contributed by atoms with Crippen LogP contribution in [0.4, 0.5) is 5.82 Å². The summed E-state index contributed by atoms with van der Waals surface area (Å²) in [5.41, 5.74) is 7.47. The van der Waals surface area contributed by atoms with Gasteiger partial charge in [-0.1, -0.05) is 30.0 Å². The van der Waals surface area contributed by atoms with Crippen molar-refractivity contribution in [1.29, 1.82) is 0 Å². The SMILES string of the molecule is C[C@@H](NC(=O)c1nccnc1N)c1nc2scc(C#Cc3cnn(C)c3)c2c(=O)n1-c1ccccc1. The smallest absolute Gasteiger partial charge is 0.274 e. The molecule has 0 bridgehead atoms. The van der Waals surface area contributed by atoms with Crippen molar-refractivity contribution in [2.24, 2.45) is 7.05 Å². The zero-order valence-corrected chi connectivity index (χ0v) is 20.2. The van der Waals surface area contributed by atoms with Gasteiger partial charge >= 0.3 is 0 Å². The Balaban J connectivity index is 1.62. The number of nitrogens with two attached hydrogens (primary N) is 1. The molecule has 0 saturated carbocycles. The molecular formula is C25H20N8O2S. The van der Waals surface area contributed by atoms with Gasteiger partial charge in [0, 0.05) is 31.0 Å². The number of hydrogen-bond donors (Lipinski definition) is 2. The van der Waals surface area contributed by atoms with Gasteiger partial charge in [-0.3, -0.25) is 18.8 Å². The summed E-state index contributed by atoms with van der Waals surface area (Å²) in [5, 5.41) is 9.18. The number of hydrogen-bond acceptors (Lipinski definition) is 8. The number of nitrogens with zero attached hydrogens (tertiary/aromatic N) is 6. The fraction of sp³-hybridized carbons (Fsp3) is 0.120. The molecule has 4 aromatic heterocycles. The number of carbonyl (C=O) groups excluding carboxylic acids is 1. The van der Waals surface area contributed by atoms with E-state index in [2.05, 4.69) is 32.2 Å². The molecule has 1 amide bonds. The molecular weight excluding hydrogens is 476 g/mol. The van der Waals surface area contributed by atoms with Gasteiger partial charge in [-0.05, 0) is 19.1 Å². The Morgan fingerprint density at radius 2 is 1.94 bits per heavy atom. The average molecular weight is 497 g/mol. The summed E-state index contributed by atoms with van der Waals surface area (Å²) >= 11 is 1.32. The predicted octanol–water partition coefficient (Wildman–Crippen LogP) is 2.44. The minimum Gasteiger partial charge on any atom is -0.382 e. The summed E-state index contributed by atoms with van der Waals surface area (Å²) in [6, 6.07) is 8.48. The molecule has 0 aliphatic carbocycles. The zero-order valence-electron chi connectivity index (χ0n) is 19.3. The van der Waals surface area contributed by atoms with Crippen LogP contribution in [0, 0.1) is 11.8 Å². The van der Waals surface area contributed by atoms with Gasteiger partial charge < -0.3 is 11.1 Å². The van der Waals surface area contributed by atoms with E-state index in [0.29, 0.717) is 27.3 Å². The van der Waals surface area contributed by atoms with Crippen LogP contribution in [-0.4, -0.2) is 35.2 Å². The van der Waals surface area contributed by atoms with Crippen molar-refractivity contribution in [2.75, 3.05) is 5.73 Å². The van der Waals surface area contributed by atoms with Crippen molar-refractivity contribution >= 4 is 33.3 Å². The molecule has 0 aliphatic heterocycles. The number of aryl methyl sites for hydroxylation is 1. The van der Waals surface area contributed by atoms with Crippen molar-refractivity contribution in [3.8, 4) is 17.5 Å². The predicted molar refractivity (Wildman–Crippen MR) is 137 cm³/mol. The summed E-state index contributed by atoms with van der Waals surface area (Å²) in [4.78, 5) is 39.9. The summed E-state index contributed by atoms with van der Waals surface area (Å²) in [7, 11) is 1.81. The Morgan fingerprint density at radius 3 is 2.67 bits per heavy atom. The van der Waals surface area contributed by atoms with E-state index in [1.54, 1.807) is 36.1 Å². The van der Waals surface area contributed by atoms with E-state index >= 15 is 0 Å². The summed E-state index contributed by atoms with van der Waals surface area (Å²) < 4.78 is 3.16. The van der Waals surface area contributed by atoms with Gasteiger partial charge in [0.05, 0.1) is 34.4 Å². The first kappa shape index (κ1) is 22.9. The normalized spacial score (nSPS) is 11.6. The molecule has 5 rings (SSSR count). The highest BCUT2D eigenvalue weighted by atomic mass is 32.1. The van der Waals surface area contributed by atoms with Gasteiger partial charge in [-0.2, -0.15) is 5.10 Å². The largest absolute Gasteiger partial charge is 0.382 e. The number of nitrogens with one attached hydrogen (secondary N) is 1. The van der Waals surface area contributed by atoms with E-state index in [1.165, 1.54) is 28.3 Å². The molecule has 10 nitrogen and oxygen atoms in total. The molecule has 1 atom stereocenters. The molecule has 11 heteroatoms. The lowest BCUT2D eigenvalue weighted by Crippen LogP contribution is -2.34. The third-order valence-corrected chi connectivity index (χ3v) is 6.24. The first-order valence-electron chi connectivity index (χ1n) is 10.9. The summed E-state index contributed by atoms with van der Waals surface area (Å²) in [5.74, 6) is 5.99. The van der Waals surface area contributed by atoms with E-state index in [-0.39, 0.29) is 17.1 Å². The molecule has 4 heterocycles. The van der Waals surface area contributed by atoms with Crippen LogP contribution in [0.2, 0.25) is 0 Å². The number of nitrogen functional groups attached to an aromatic ring is 1. The second-order valence-corrected chi connectivity index (χ2v) is 8.77. The van der Waals surface area contributed by atoms with Crippen LogP contribution in [-0.2, 0) is 7.05 Å². The van der Waals surface area contributed by atoms with Crippen LogP contribution in [0.3, 0.4) is 0 Å². The maximum atomic E-state index is 13.9. The minimum atomic E-state index is -0.650. The monoisotopic (exact) mass is 496 g/mol. The van der Waals surface area contributed by atoms with Crippen molar-refractivity contribution in [3.63, 3.8) is 0 Å². The van der Waals surface area contributed by atoms with Crippen LogP contribution in [0.25, 0.3) is 15.9 Å². The fourth-order valence-electron chi connectivity index (χ4n) is 3.69. The molecule has 0 radical (unpaired) electrons. The molecule has 0 unspecified atom stereocenters. The van der Waals surface area contributed by atoms with Crippen LogP contribution in [0.1, 0.15) is 40.4 Å². The standard InChI is InChI=1S/C25H20N8O2S/c1-15(30-23(34)20-21(26)28-11-10-27-20)22-31-24-19(25(35)33(22)18-6-4-3-5-7-18)17(14-36-24)9-8-16-12-29-32(2)13-16/h3-7,10-15H,1-2H3,(H2,26,28)(H,30,34)/t15-/m1/s1. The van der Waals surface area contributed by atoms with E-state index in [9.17, 15) is 9.59 Å². The Bertz CT molecular complexity index is 1710. The first-order valence-corrected chi connectivity index (χ1v) is 11.8. The van der Waals surface area contributed by atoms with Crippen LogP contribution in [0.15, 0.2) is 65.3 Å². The fourth-order valence-corrected chi connectivity index (χ4v) is 4.56. The first-order chi connectivity index (χ1) is 17.4. The number of fused-ring (bicyclic) bond motifs is 1. The molecule has 178 valence electrons. The Morgan fingerprint density at radius 1 is 1.17 bits per heavy atom. The molecule has 36 heavy (non-hydrogen) atoms. The van der Waals surface area contributed by atoms with E-state index in [4.69, 9.17) is 10.7 Å². The number of benzene rings is 1. The topological polar surface area (TPSA) is 134 Å². The van der Waals surface area contributed by atoms with Gasteiger partial charge in [0.1, 0.15) is 10.7 Å². The third-order valence-electron chi connectivity index (χ3n) is 5.37. The maximum absolute atomic E-state index is 13.9. The zero-order chi connectivity index (χ0) is 25.2. The lowest BCUT2D eigenvalue weighted by atomic mass is 10.2. The number of carbonyl (C=O) groups is 1. The molecule has 0 saturated heterocycles. The Kier molecular flexibility index (Phi) is 6.02. The number of amides is 1. The Hall–Kier alpha value is -4.82. The molecule has 0 spiro atoms. The maximum Gasteiger partial charge on any atom is 0.274 e. The van der Waals surface area contributed by atoms with Crippen molar-refractivity contribution in [1.82, 2.24) is 34.6 Å². The number of para-hydroxylation sites is 1. The van der Waals surface area contributed by atoms with Crippen LogP contribution >= 0.6 is 11.3 Å². The van der Waals surface area contributed by atoms with Gasteiger partial charge in [-0.15, -0.1) is 11.3 Å². The van der Waals surface area contributed by atoms with Gasteiger partial charge in [-0.25, -0.2) is 15.0 Å². The number of thiophene rings is 1. The molecule has 1 aromatic carbocycles. The summed E-state index contributed by atoms with van der Waals surface area (Å²) in [6.45, 7) is 1.74. The van der Waals surface area contributed by atoms with Gasteiger partial charge in [0.2, 0.25) is 0 Å².